The third kappa shape index (κ3) is 4.54. The van der Waals surface area contributed by atoms with Crippen LogP contribution in [0.5, 0.6) is 5.75 Å². The highest BCUT2D eigenvalue weighted by molar-refractivity contribution is 6.05. The molecule has 2 unspecified atom stereocenters. The lowest BCUT2D eigenvalue weighted by Gasteiger charge is -2.20. The number of likely N-dealkylation sites (tertiary alicyclic amines) is 1. The van der Waals surface area contributed by atoms with Crippen molar-refractivity contribution in [1.29, 1.82) is 0 Å². The summed E-state index contributed by atoms with van der Waals surface area (Å²) in [6.07, 6.45) is 3.79. The molecule has 2 aliphatic rings. The number of hydrogen-bond acceptors (Lipinski definition) is 4. The second-order valence-electron chi connectivity index (χ2n) is 8.06. The van der Waals surface area contributed by atoms with Crippen molar-refractivity contribution in [2.45, 2.75) is 46.0 Å². The van der Waals surface area contributed by atoms with Gasteiger partial charge in [-0.15, -0.1) is 0 Å². The Hall–Kier alpha value is -2.37. The van der Waals surface area contributed by atoms with E-state index in [9.17, 15) is 14.4 Å². The summed E-state index contributed by atoms with van der Waals surface area (Å²) in [6.45, 7) is 5.08. The first kappa shape index (κ1) is 20.4. The molecule has 6 heteroatoms. The number of fused-ring (bicyclic) bond motifs is 1. The Balaban J connectivity index is 1.44. The minimum Gasteiger partial charge on any atom is -0.492 e. The molecule has 1 saturated heterocycles. The third-order valence-corrected chi connectivity index (χ3v) is 5.80. The van der Waals surface area contributed by atoms with Gasteiger partial charge in [-0.2, -0.15) is 0 Å². The van der Waals surface area contributed by atoms with E-state index < -0.39 is 0 Å². The van der Waals surface area contributed by atoms with Crippen LogP contribution in [0.4, 0.5) is 0 Å². The molecule has 152 valence electrons. The molecule has 0 aromatic heterocycles. The van der Waals surface area contributed by atoms with Gasteiger partial charge in [0, 0.05) is 20.0 Å². The summed E-state index contributed by atoms with van der Waals surface area (Å²) < 4.78 is 5.75. The zero-order chi connectivity index (χ0) is 20.3. The first-order valence-electron chi connectivity index (χ1n) is 10.2. The standard InChI is InChI=1S/C22H30N2O4/c1-15-12-16(2)14-17(13-15)28-11-10-23(3)20(25)8-9-24-21(26)18-6-4-5-7-19(18)22(24)27/h12-14,18-19H,4-11H2,1-3H3. The summed E-state index contributed by atoms with van der Waals surface area (Å²) in [4.78, 5) is 40.3. The Morgan fingerprint density at radius 2 is 1.64 bits per heavy atom. The number of rotatable bonds is 7. The second-order valence-corrected chi connectivity index (χ2v) is 8.06. The van der Waals surface area contributed by atoms with E-state index in [-0.39, 0.29) is 42.5 Å². The fraction of sp³-hybridized carbons (Fsp3) is 0.591. The van der Waals surface area contributed by atoms with Gasteiger partial charge in [-0.05, 0) is 49.9 Å². The van der Waals surface area contributed by atoms with Gasteiger partial charge < -0.3 is 9.64 Å². The summed E-state index contributed by atoms with van der Waals surface area (Å²) in [5.41, 5.74) is 2.28. The predicted molar refractivity (Wildman–Crippen MR) is 106 cm³/mol. The molecule has 28 heavy (non-hydrogen) atoms. The molecule has 0 spiro atoms. The van der Waals surface area contributed by atoms with Crippen LogP contribution < -0.4 is 4.74 Å². The van der Waals surface area contributed by atoms with Crippen molar-refractivity contribution in [2.24, 2.45) is 11.8 Å². The number of likely N-dealkylation sites (N-methyl/N-ethyl adjacent to an activating group) is 1. The van der Waals surface area contributed by atoms with Gasteiger partial charge in [0.05, 0.1) is 18.4 Å². The van der Waals surface area contributed by atoms with Crippen LogP contribution in [0.3, 0.4) is 0 Å². The molecule has 1 aliphatic carbocycles. The quantitative estimate of drug-likeness (QED) is 0.676. The molecule has 3 amide bonds. The number of amides is 3. The highest BCUT2D eigenvalue weighted by atomic mass is 16.5. The highest BCUT2D eigenvalue weighted by Gasteiger charge is 2.47. The van der Waals surface area contributed by atoms with Gasteiger partial charge in [0.1, 0.15) is 12.4 Å². The molecule has 6 nitrogen and oxygen atoms in total. The van der Waals surface area contributed by atoms with E-state index in [1.807, 2.05) is 26.0 Å². The number of imide groups is 1. The molecule has 1 aliphatic heterocycles. The number of ether oxygens (including phenoxy) is 1. The van der Waals surface area contributed by atoms with E-state index in [1.165, 1.54) is 4.90 Å². The summed E-state index contributed by atoms with van der Waals surface area (Å²) in [5.74, 6) is 0.251. The highest BCUT2D eigenvalue weighted by Crippen LogP contribution is 2.37. The van der Waals surface area contributed by atoms with Gasteiger partial charge in [0.15, 0.2) is 0 Å². The van der Waals surface area contributed by atoms with E-state index in [1.54, 1.807) is 11.9 Å². The molecule has 3 rings (SSSR count). The average molecular weight is 386 g/mol. The molecule has 2 fully saturated rings. The third-order valence-electron chi connectivity index (χ3n) is 5.80. The predicted octanol–water partition coefficient (Wildman–Crippen LogP) is 2.71. The van der Waals surface area contributed by atoms with Gasteiger partial charge in [-0.25, -0.2) is 0 Å². The van der Waals surface area contributed by atoms with Crippen LogP contribution in [0.25, 0.3) is 0 Å². The van der Waals surface area contributed by atoms with E-state index in [0.717, 1.165) is 42.6 Å². The lowest BCUT2D eigenvalue weighted by molar-refractivity contribution is -0.140. The van der Waals surface area contributed by atoms with Crippen molar-refractivity contribution in [3.05, 3.63) is 29.3 Å². The van der Waals surface area contributed by atoms with Gasteiger partial charge in [-0.1, -0.05) is 18.9 Å². The summed E-state index contributed by atoms with van der Waals surface area (Å²) in [6, 6.07) is 6.03. The smallest absolute Gasteiger partial charge is 0.233 e. The van der Waals surface area contributed by atoms with Crippen molar-refractivity contribution in [3.8, 4) is 5.75 Å². The van der Waals surface area contributed by atoms with Crippen molar-refractivity contribution in [1.82, 2.24) is 9.80 Å². The number of hydrogen-bond donors (Lipinski definition) is 0. The molecule has 0 bridgehead atoms. The summed E-state index contributed by atoms with van der Waals surface area (Å²) in [7, 11) is 1.72. The van der Waals surface area contributed by atoms with Gasteiger partial charge in [0.25, 0.3) is 0 Å². The van der Waals surface area contributed by atoms with Crippen LogP contribution in [0.15, 0.2) is 18.2 Å². The van der Waals surface area contributed by atoms with Crippen molar-refractivity contribution in [2.75, 3.05) is 26.7 Å². The molecule has 1 aromatic carbocycles. The van der Waals surface area contributed by atoms with Crippen LogP contribution in [0.2, 0.25) is 0 Å². The summed E-state index contributed by atoms with van der Waals surface area (Å²) in [5, 5.41) is 0. The SMILES string of the molecule is Cc1cc(C)cc(OCCN(C)C(=O)CCN2C(=O)C3CCCCC3C2=O)c1. The number of benzene rings is 1. The Labute approximate surface area is 166 Å². The first-order valence-corrected chi connectivity index (χ1v) is 10.2. The van der Waals surface area contributed by atoms with Crippen molar-refractivity contribution in [3.63, 3.8) is 0 Å². The Bertz CT molecular complexity index is 717. The molecule has 1 heterocycles. The Morgan fingerprint density at radius 3 is 2.21 bits per heavy atom. The maximum absolute atomic E-state index is 12.5. The largest absolute Gasteiger partial charge is 0.492 e. The van der Waals surface area contributed by atoms with Crippen LogP contribution >= 0.6 is 0 Å². The molecular formula is C22H30N2O4. The lowest BCUT2D eigenvalue weighted by Crippen LogP contribution is -2.37. The Kier molecular flexibility index (Phi) is 6.37. The van der Waals surface area contributed by atoms with E-state index >= 15 is 0 Å². The molecule has 1 saturated carbocycles. The molecule has 0 N–H and O–H groups in total. The van der Waals surface area contributed by atoms with Crippen LogP contribution in [0, 0.1) is 25.7 Å². The fourth-order valence-corrected chi connectivity index (χ4v) is 4.29. The monoisotopic (exact) mass is 386 g/mol. The Morgan fingerprint density at radius 1 is 1.07 bits per heavy atom. The molecule has 1 aromatic rings. The minimum atomic E-state index is -0.153. The van der Waals surface area contributed by atoms with Crippen molar-refractivity contribution >= 4 is 17.7 Å². The van der Waals surface area contributed by atoms with Gasteiger partial charge in [0.2, 0.25) is 17.7 Å². The molecule has 2 atom stereocenters. The average Bonchev–Trinajstić information content (AvgIpc) is 2.90. The van der Waals surface area contributed by atoms with Crippen LogP contribution in [-0.2, 0) is 14.4 Å². The number of carbonyl (C=O) groups excluding carboxylic acids is 3. The number of carbonyl (C=O) groups is 3. The van der Waals surface area contributed by atoms with E-state index in [0.29, 0.717) is 13.2 Å². The molecule has 0 radical (unpaired) electrons. The summed E-state index contributed by atoms with van der Waals surface area (Å²) >= 11 is 0. The maximum atomic E-state index is 12.5. The second kappa shape index (κ2) is 8.76. The number of aryl methyl sites for hydroxylation is 2. The number of nitrogens with zero attached hydrogens (tertiary/aromatic N) is 2. The maximum Gasteiger partial charge on any atom is 0.233 e. The normalized spacial score (nSPS) is 21.6. The van der Waals surface area contributed by atoms with Gasteiger partial charge in [-0.3, -0.25) is 19.3 Å². The minimum absolute atomic E-state index is 0.0803. The van der Waals surface area contributed by atoms with Gasteiger partial charge >= 0.3 is 0 Å². The van der Waals surface area contributed by atoms with E-state index in [4.69, 9.17) is 4.74 Å². The van der Waals surface area contributed by atoms with E-state index in [2.05, 4.69) is 6.07 Å². The first-order chi connectivity index (χ1) is 13.4. The van der Waals surface area contributed by atoms with Crippen LogP contribution in [-0.4, -0.2) is 54.3 Å². The zero-order valence-corrected chi connectivity index (χ0v) is 17.1. The topological polar surface area (TPSA) is 66.9 Å². The fourth-order valence-electron chi connectivity index (χ4n) is 4.29. The lowest BCUT2D eigenvalue weighted by atomic mass is 9.81. The zero-order valence-electron chi connectivity index (χ0n) is 17.1. The van der Waals surface area contributed by atoms with Crippen LogP contribution in [0.1, 0.15) is 43.2 Å². The molecular weight excluding hydrogens is 356 g/mol. The van der Waals surface area contributed by atoms with Crippen molar-refractivity contribution < 1.29 is 19.1 Å².